The zero-order valence-electron chi connectivity index (χ0n) is 14.7. The van der Waals surface area contributed by atoms with Gasteiger partial charge in [-0.15, -0.1) is 0 Å². The van der Waals surface area contributed by atoms with Gasteiger partial charge in [0.2, 0.25) is 0 Å². The van der Waals surface area contributed by atoms with E-state index < -0.39 is 0 Å². The van der Waals surface area contributed by atoms with Gasteiger partial charge in [-0.2, -0.15) is 0 Å². The Morgan fingerprint density at radius 3 is 2.92 bits per heavy atom. The van der Waals surface area contributed by atoms with Gasteiger partial charge in [0.25, 0.3) is 5.56 Å². The van der Waals surface area contributed by atoms with Gasteiger partial charge >= 0.3 is 0 Å². The van der Waals surface area contributed by atoms with Gasteiger partial charge in [0.15, 0.2) is 5.82 Å². The smallest absolute Gasteiger partial charge is 0.293 e. The Kier molecular flexibility index (Phi) is 4.53. The molecular weight excluding hydrogens is 314 g/mol. The summed E-state index contributed by atoms with van der Waals surface area (Å²) in [6, 6.07) is 4.49. The van der Waals surface area contributed by atoms with E-state index in [4.69, 9.17) is 0 Å². The molecule has 0 bridgehead atoms. The second-order valence-electron chi connectivity index (χ2n) is 7.35. The summed E-state index contributed by atoms with van der Waals surface area (Å²) in [4.78, 5) is 25.7. The minimum Gasteiger partial charge on any atom is -0.352 e. The summed E-state index contributed by atoms with van der Waals surface area (Å²) in [5.41, 5.74) is 1.31. The van der Waals surface area contributed by atoms with Gasteiger partial charge < -0.3 is 14.4 Å². The fraction of sp³-hybridized carbons (Fsp3) is 0.526. The molecule has 4 rings (SSSR count). The highest BCUT2D eigenvalue weighted by atomic mass is 16.1. The van der Waals surface area contributed by atoms with Gasteiger partial charge in [0.1, 0.15) is 0 Å². The van der Waals surface area contributed by atoms with Crippen LogP contribution >= 0.6 is 0 Å². The lowest BCUT2D eigenvalue weighted by atomic mass is 10.1. The Morgan fingerprint density at radius 1 is 1.28 bits per heavy atom. The van der Waals surface area contributed by atoms with Crippen LogP contribution in [0.3, 0.4) is 0 Å². The molecule has 0 aromatic carbocycles. The summed E-state index contributed by atoms with van der Waals surface area (Å²) < 4.78 is 1.87. The van der Waals surface area contributed by atoms with Gasteiger partial charge in [0.05, 0.1) is 0 Å². The first kappa shape index (κ1) is 16.3. The summed E-state index contributed by atoms with van der Waals surface area (Å²) in [6.45, 7) is 3.76. The van der Waals surface area contributed by atoms with Crippen molar-refractivity contribution in [2.45, 2.75) is 31.8 Å². The van der Waals surface area contributed by atoms with E-state index in [1.54, 1.807) is 12.4 Å². The molecule has 1 aliphatic carbocycles. The van der Waals surface area contributed by atoms with Crippen LogP contribution in [0.4, 0.5) is 5.82 Å². The minimum atomic E-state index is 0.0781. The van der Waals surface area contributed by atoms with Crippen molar-refractivity contribution < 1.29 is 0 Å². The first-order valence-corrected chi connectivity index (χ1v) is 9.10. The lowest BCUT2D eigenvalue weighted by molar-refractivity contribution is 0.279. The first-order valence-electron chi connectivity index (χ1n) is 9.10. The lowest BCUT2D eigenvalue weighted by Crippen LogP contribution is -2.33. The standard InChI is InChI=1S/C19H25N5O/c1-22(12-15-3-2-7-20-11-15)13-16-6-9-23(14-16)18-19(25)24(10-8-21-18)17-4-5-17/h2-3,7-8,10-11,16-17H,4-6,9,12-14H2,1H3/t16-/m1/s1. The third-order valence-electron chi connectivity index (χ3n) is 5.12. The van der Waals surface area contributed by atoms with E-state index in [2.05, 4.69) is 32.9 Å². The second-order valence-corrected chi connectivity index (χ2v) is 7.35. The van der Waals surface area contributed by atoms with E-state index in [1.165, 1.54) is 5.56 Å². The number of anilines is 1. The highest BCUT2D eigenvalue weighted by Crippen LogP contribution is 2.33. The quantitative estimate of drug-likeness (QED) is 0.805. The fourth-order valence-corrected chi connectivity index (χ4v) is 3.75. The van der Waals surface area contributed by atoms with Crippen molar-refractivity contribution in [3.63, 3.8) is 0 Å². The minimum absolute atomic E-state index is 0.0781. The molecule has 132 valence electrons. The molecule has 0 N–H and O–H groups in total. The van der Waals surface area contributed by atoms with E-state index in [1.807, 2.05) is 23.0 Å². The summed E-state index contributed by atoms with van der Waals surface area (Å²) in [5, 5.41) is 0. The van der Waals surface area contributed by atoms with Gasteiger partial charge in [-0.1, -0.05) is 6.07 Å². The zero-order valence-corrected chi connectivity index (χ0v) is 14.7. The maximum Gasteiger partial charge on any atom is 0.293 e. The molecule has 2 aromatic heterocycles. The van der Waals surface area contributed by atoms with Crippen LogP contribution in [0.15, 0.2) is 41.7 Å². The zero-order chi connectivity index (χ0) is 17.2. The molecule has 2 aromatic rings. The third-order valence-corrected chi connectivity index (χ3v) is 5.12. The molecule has 3 heterocycles. The molecule has 6 heteroatoms. The highest BCUT2D eigenvalue weighted by Gasteiger charge is 2.29. The van der Waals surface area contributed by atoms with Crippen LogP contribution in [-0.2, 0) is 6.54 Å². The molecule has 0 spiro atoms. The van der Waals surface area contributed by atoms with Crippen molar-refractivity contribution in [2.24, 2.45) is 5.92 Å². The van der Waals surface area contributed by atoms with Crippen LogP contribution in [0, 0.1) is 5.92 Å². The average molecular weight is 339 g/mol. The fourth-order valence-electron chi connectivity index (χ4n) is 3.75. The Labute approximate surface area is 148 Å². The average Bonchev–Trinajstić information content (AvgIpc) is 3.35. The lowest BCUT2D eigenvalue weighted by Gasteiger charge is -2.22. The van der Waals surface area contributed by atoms with Crippen LogP contribution in [0.1, 0.15) is 30.9 Å². The molecular formula is C19H25N5O. The van der Waals surface area contributed by atoms with E-state index in [0.717, 1.165) is 45.4 Å². The Morgan fingerprint density at radius 2 is 2.16 bits per heavy atom. The topological polar surface area (TPSA) is 54.3 Å². The molecule has 1 saturated heterocycles. The van der Waals surface area contributed by atoms with E-state index >= 15 is 0 Å². The van der Waals surface area contributed by atoms with Crippen molar-refractivity contribution in [1.29, 1.82) is 0 Å². The number of pyridine rings is 1. The number of nitrogens with zero attached hydrogens (tertiary/aromatic N) is 5. The predicted octanol–water partition coefficient (Wildman–Crippen LogP) is 1.93. The predicted molar refractivity (Wildman–Crippen MR) is 97.7 cm³/mol. The largest absolute Gasteiger partial charge is 0.352 e. The maximum atomic E-state index is 12.6. The number of hydrogen-bond acceptors (Lipinski definition) is 5. The summed E-state index contributed by atoms with van der Waals surface area (Å²) in [6.07, 6.45) is 10.7. The van der Waals surface area contributed by atoms with Crippen molar-refractivity contribution >= 4 is 5.82 Å². The van der Waals surface area contributed by atoms with E-state index in [9.17, 15) is 4.79 Å². The van der Waals surface area contributed by atoms with Crippen LogP contribution < -0.4 is 10.5 Å². The van der Waals surface area contributed by atoms with Crippen molar-refractivity contribution in [3.05, 3.63) is 52.8 Å². The Balaban J connectivity index is 1.37. The SMILES string of the molecule is CN(Cc1cccnc1)C[C@H]1CCN(c2nccn(C3CC3)c2=O)C1. The number of hydrogen-bond donors (Lipinski definition) is 0. The van der Waals surface area contributed by atoms with Crippen molar-refractivity contribution in [3.8, 4) is 0 Å². The number of aromatic nitrogens is 3. The van der Waals surface area contributed by atoms with Gasteiger partial charge in [-0.05, 0) is 43.9 Å². The van der Waals surface area contributed by atoms with Crippen LogP contribution in [0.25, 0.3) is 0 Å². The van der Waals surface area contributed by atoms with Gasteiger partial charge in [-0.25, -0.2) is 4.98 Å². The summed E-state index contributed by atoms with van der Waals surface area (Å²) in [7, 11) is 2.15. The van der Waals surface area contributed by atoms with E-state index in [0.29, 0.717) is 17.8 Å². The van der Waals surface area contributed by atoms with Crippen molar-refractivity contribution in [2.75, 3.05) is 31.6 Å². The monoisotopic (exact) mass is 339 g/mol. The van der Waals surface area contributed by atoms with Crippen LogP contribution in [0.5, 0.6) is 0 Å². The normalized spacial score (nSPS) is 20.4. The van der Waals surface area contributed by atoms with Crippen LogP contribution in [0.2, 0.25) is 0 Å². The highest BCUT2D eigenvalue weighted by molar-refractivity contribution is 5.37. The summed E-state index contributed by atoms with van der Waals surface area (Å²) in [5.74, 6) is 1.20. The summed E-state index contributed by atoms with van der Waals surface area (Å²) >= 11 is 0. The molecule has 0 amide bonds. The van der Waals surface area contributed by atoms with Crippen molar-refractivity contribution in [1.82, 2.24) is 19.4 Å². The molecule has 0 radical (unpaired) electrons. The molecule has 1 atom stereocenters. The maximum absolute atomic E-state index is 12.6. The van der Waals surface area contributed by atoms with E-state index in [-0.39, 0.29) is 5.56 Å². The van der Waals surface area contributed by atoms with Gasteiger partial charge in [-0.3, -0.25) is 9.78 Å². The van der Waals surface area contributed by atoms with Crippen LogP contribution in [-0.4, -0.2) is 46.1 Å². The molecule has 1 saturated carbocycles. The molecule has 2 fully saturated rings. The third kappa shape index (κ3) is 3.74. The van der Waals surface area contributed by atoms with Gasteiger partial charge in [0, 0.05) is 57.0 Å². The number of rotatable bonds is 6. The Bertz CT molecular complexity index is 771. The molecule has 6 nitrogen and oxygen atoms in total. The molecule has 1 aliphatic heterocycles. The first-order chi connectivity index (χ1) is 12.2. The molecule has 0 unspecified atom stereocenters. The second kappa shape index (κ2) is 6.96. The molecule has 2 aliphatic rings. The molecule has 25 heavy (non-hydrogen) atoms. The Hall–Kier alpha value is -2.21.